The van der Waals surface area contributed by atoms with Gasteiger partial charge in [0.05, 0.1) is 6.04 Å². The van der Waals surface area contributed by atoms with Crippen LogP contribution >= 0.6 is 11.3 Å². The van der Waals surface area contributed by atoms with Gasteiger partial charge in [-0.1, -0.05) is 67.9 Å². The van der Waals surface area contributed by atoms with Gasteiger partial charge in [0.2, 0.25) is 17.7 Å². The number of alkyl halides is 1. The summed E-state index contributed by atoms with van der Waals surface area (Å²) >= 11 is 1.48. The van der Waals surface area contributed by atoms with Crippen LogP contribution in [0.2, 0.25) is 0 Å². The summed E-state index contributed by atoms with van der Waals surface area (Å²) in [5, 5.41) is 10.7. The summed E-state index contributed by atoms with van der Waals surface area (Å²) in [6.45, 7) is 3.70. The molecule has 1 aromatic heterocycles. The molecule has 1 aromatic carbocycles. The fourth-order valence-electron chi connectivity index (χ4n) is 4.21. The molecule has 9 nitrogen and oxygen atoms in total. The predicted octanol–water partition coefficient (Wildman–Crippen LogP) is 3.34. The topological polar surface area (TPSA) is 134 Å². The van der Waals surface area contributed by atoms with Crippen LogP contribution in [0.15, 0.2) is 47.2 Å². The number of hydrogen-bond donors (Lipinski definition) is 4. The second kappa shape index (κ2) is 16.8. The van der Waals surface area contributed by atoms with E-state index < -0.39 is 59.1 Å². The zero-order valence-corrected chi connectivity index (χ0v) is 24.6. The molecular formula is C29H41F2N5O4S. The van der Waals surface area contributed by atoms with Crippen LogP contribution in [0.1, 0.15) is 63.5 Å². The predicted molar refractivity (Wildman–Crippen MR) is 155 cm³/mol. The van der Waals surface area contributed by atoms with E-state index in [2.05, 4.69) is 10.6 Å². The van der Waals surface area contributed by atoms with E-state index in [-0.39, 0.29) is 19.3 Å². The maximum absolute atomic E-state index is 15.7. The van der Waals surface area contributed by atoms with Gasteiger partial charge >= 0.3 is 5.91 Å². The van der Waals surface area contributed by atoms with Crippen molar-refractivity contribution in [1.29, 1.82) is 0 Å². The summed E-state index contributed by atoms with van der Waals surface area (Å²) in [5.41, 5.74) is 7.65. The molecule has 2 aromatic rings. The number of halogens is 2. The van der Waals surface area contributed by atoms with E-state index in [0.717, 1.165) is 19.0 Å². The zero-order chi connectivity index (χ0) is 30.4. The van der Waals surface area contributed by atoms with Crippen molar-refractivity contribution >= 4 is 35.0 Å². The number of nitrogens with zero attached hydrogens (tertiary/aromatic N) is 1. The molecule has 0 aliphatic rings. The van der Waals surface area contributed by atoms with E-state index in [1.54, 1.807) is 37.3 Å². The first-order valence-corrected chi connectivity index (χ1v) is 14.8. The minimum absolute atomic E-state index is 0.0337. The van der Waals surface area contributed by atoms with Gasteiger partial charge in [0.15, 0.2) is 0 Å². The first-order chi connectivity index (χ1) is 19.5. The van der Waals surface area contributed by atoms with Crippen molar-refractivity contribution in [2.24, 2.45) is 5.73 Å². The molecular weight excluding hydrogens is 552 g/mol. The molecule has 0 spiro atoms. The highest BCUT2D eigenvalue weighted by atomic mass is 32.1. The number of nitrogens with one attached hydrogen (secondary N) is 3. The monoisotopic (exact) mass is 593 g/mol. The average Bonchev–Trinajstić information content (AvgIpc) is 3.46. The molecule has 4 amide bonds. The van der Waals surface area contributed by atoms with Crippen LogP contribution in [0.3, 0.4) is 0 Å². The molecule has 0 radical (unpaired) electrons. The Morgan fingerprint density at radius 2 is 1.59 bits per heavy atom. The molecule has 2 rings (SSSR count). The molecule has 0 saturated heterocycles. The van der Waals surface area contributed by atoms with Gasteiger partial charge < -0.3 is 21.7 Å². The molecule has 0 unspecified atom stereocenters. The average molecular weight is 594 g/mol. The van der Waals surface area contributed by atoms with E-state index in [9.17, 15) is 23.7 Å². The summed E-state index contributed by atoms with van der Waals surface area (Å²) in [4.78, 5) is 52.0. The second-order valence-corrected chi connectivity index (χ2v) is 10.9. The molecule has 5 N–H and O–H groups in total. The van der Waals surface area contributed by atoms with Crippen molar-refractivity contribution in [3.05, 3.63) is 58.3 Å². The minimum atomic E-state index is -3.00. The van der Waals surface area contributed by atoms with E-state index >= 15 is 4.39 Å². The van der Waals surface area contributed by atoms with Gasteiger partial charge in [0, 0.05) is 19.9 Å². The molecule has 0 saturated carbocycles. The van der Waals surface area contributed by atoms with Crippen LogP contribution < -0.4 is 21.7 Å². The van der Waals surface area contributed by atoms with E-state index in [0.29, 0.717) is 24.8 Å². The molecule has 0 bridgehead atoms. The van der Waals surface area contributed by atoms with Crippen molar-refractivity contribution in [3.63, 3.8) is 0 Å². The first kappa shape index (κ1) is 33.8. The molecule has 4 atom stereocenters. The Kier molecular flexibility index (Phi) is 13.8. The first-order valence-electron chi connectivity index (χ1n) is 13.9. The Bertz CT molecular complexity index is 1120. The van der Waals surface area contributed by atoms with Crippen molar-refractivity contribution in [2.45, 2.75) is 89.1 Å². The highest BCUT2D eigenvalue weighted by molar-refractivity contribution is 7.07. The van der Waals surface area contributed by atoms with Crippen LogP contribution in [0, 0.1) is 0 Å². The SMILES string of the molecule is CCCC[C@H](NC(=O)[C@@H](N)Cc1ccsc1)C(=O)N[C@@H](Cc1ccccc1)C(=O)N[C@@](F)(CCCC)C(=O)N(C)F. The number of rotatable bonds is 17. The number of amides is 4. The molecule has 0 aliphatic carbocycles. The summed E-state index contributed by atoms with van der Waals surface area (Å²) in [5.74, 6) is -6.71. The summed E-state index contributed by atoms with van der Waals surface area (Å²) in [6.07, 6.45) is 2.17. The van der Waals surface area contributed by atoms with Gasteiger partial charge in [-0.3, -0.25) is 19.2 Å². The highest BCUT2D eigenvalue weighted by Crippen LogP contribution is 2.20. The summed E-state index contributed by atoms with van der Waals surface area (Å²) in [7, 11) is 0.752. The Morgan fingerprint density at radius 3 is 2.17 bits per heavy atom. The lowest BCUT2D eigenvalue weighted by molar-refractivity contribution is -0.162. The largest absolute Gasteiger partial charge is 0.343 e. The normalized spacial score (nSPS) is 14.7. The van der Waals surface area contributed by atoms with Gasteiger partial charge in [-0.25, -0.2) is 4.39 Å². The Balaban J connectivity index is 2.26. The van der Waals surface area contributed by atoms with Crippen LogP contribution in [-0.4, -0.2) is 59.7 Å². The van der Waals surface area contributed by atoms with E-state index in [1.165, 1.54) is 11.3 Å². The van der Waals surface area contributed by atoms with Crippen molar-refractivity contribution in [3.8, 4) is 0 Å². The van der Waals surface area contributed by atoms with Crippen molar-refractivity contribution < 1.29 is 28.0 Å². The minimum Gasteiger partial charge on any atom is -0.343 e. The Morgan fingerprint density at radius 1 is 0.927 bits per heavy atom. The smallest absolute Gasteiger partial charge is 0.308 e. The molecule has 0 fully saturated rings. The maximum Gasteiger partial charge on any atom is 0.308 e. The van der Waals surface area contributed by atoms with Crippen LogP contribution in [-0.2, 0) is 32.0 Å². The number of carbonyl (C=O) groups is 4. The van der Waals surface area contributed by atoms with Gasteiger partial charge in [0.1, 0.15) is 12.1 Å². The fourth-order valence-corrected chi connectivity index (χ4v) is 4.89. The standard InChI is InChI=1S/C29H41F2N5O4S/c1-4-6-13-23(33-25(37)22(32)17-21-14-16-41-19-21)26(38)34-24(18-20-11-9-8-10-12-20)27(39)35-29(30,15-7-5-2)28(40)36(3)31/h8-12,14,16,19,22-24H,4-7,13,15,17-18,32H2,1-3H3,(H,33,37)(H,34,38)(H,35,39)/t22-,23-,24-,29-/m0/s1. The number of unbranched alkanes of at least 4 members (excludes halogenated alkanes) is 2. The van der Waals surface area contributed by atoms with Crippen molar-refractivity contribution in [1.82, 2.24) is 21.1 Å². The number of hydrogen-bond acceptors (Lipinski definition) is 6. The molecule has 1 heterocycles. The molecule has 41 heavy (non-hydrogen) atoms. The lowest BCUT2D eigenvalue weighted by Crippen LogP contribution is -2.61. The maximum atomic E-state index is 15.7. The molecule has 12 heteroatoms. The highest BCUT2D eigenvalue weighted by Gasteiger charge is 2.43. The third-order valence-corrected chi connectivity index (χ3v) is 7.31. The third-order valence-electron chi connectivity index (χ3n) is 6.58. The number of thiophene rings is 1. The van der Waals surface area contributed by atoms with Gasteiger partial charge in [-0.2, -0.15) is 16.5 Å². The van der Waals surface area contributed by atoms with Gasteiger partial charge in [-0.15, -0.1) is 0 Å². The van der Waals surface area contributed by atoms with Crippen LogP contribution in [0.25, 0.3) is 0 Å². The van der Waals surface area contributed by atoms with E-state index in [1.807, 2.05) is 29.1 Å². The number of nitrogens with two attached hydrogens (primary N) is 1. The second-order valence-electron chi connectivity index (χ2n) is 10.1. The lowest BCUT2D eigenvalue weighted by atomic mass is 10.0. The quantitative estimate of drug-likeness (QED) is 0.165. The Labute approximate surface area is 244 Å². The van der Waals surface area contributed by atoms with Gasteiger partial charge in [-0.05, 0) is 47.2 Å². The summed E-state index contributed by atoms with van der Waals surface area (Å²) in [6, 6.07) is 7.37. The lowest BCUT2D eigenvalue weighted by Gasteiger charge is -2.29. The third kappa shape index (κ3) is 10.8. The van der Waals surface area contributed by atoms with Crippen LogP contribution in [0.4, 0.5) is 8.87 Å². The van der Waals surface area contributed by atoms with Gasteiger partial charge in [0.25, 0.3) is 5.79 Å². The molecule has 0 aliphatic heterocycles. The van der Waals surface area contributed by atoms with Crippen LogP contribution in [0.5, 0.6) is 0 Å². The number of benzene rings is 1. The van der Waals surface area contributed by atoms with Crippen molar-refractivity contribution in [2.75, 3.05) is 7.05 Å². The number of carbonyl (C=O) groups excluding carboxylic acids is 4. The molecule has 226 valence electrons. The van der Waals surface area contributed by atoms with E-state index in [4.69, 9.17) is 5.73 Å². The summed E-state index contributed by atoms with van der Waals surface area (Å²) < 4.78 is 29.4. The Hall–Kier alpha value is -3.38. The number of likely N-dealkylation sites (N-methyl/N-ethyl adjacent to an activating group) is 1. The fraction of sp³-hybridized carbons (Fsp3) is 0.517. The zero-order valence-electron chi connectivity index (χ0n) is 23.8.